The molecule has 1 saturated heterocycles. The summed E-state index contributed by atoms with van der Waals surface area (Å²) >= 11 is 0. The Hall–Kier alpha value is -2.08. The fourth-order valence-electron chi connectivity index (χ4n) is 4.44. The molecule has 2 aromatic rings. The summed E-state index contributed by atoms with van der Waals surface area (Å²) < 4.78 is 10.9. The highest BCUT2D eigenvalue weighted by molar-refractivity contribution is 5.29. The Bertz CT molecular complexity index is 783. The molecule has 170 valence electrons. The summed E-state index contributed by atoms with van der Waals surface area (Å²) in [5.74, 6) is 2.50. The van der Waals surface area contributed by atoms with Crippen molar-refractivity contribution in [2.24, 2.45) is 5.92 Å². The Kier molecular flexibility index (Phi) is 9.66. The fraction of sp³-hybridized carbons (Fsp3) is 0.538. The van der Waals surface area contributed by atoms with Crippen molar-refractivity contribution in [1.29, 1.82) is 0 Å². The van der Waals surface area contributed by atoms with Gasteiger partial charge in [-0.05, 0) is 73.7 Å². The number of ether oxygens (including phenoxy) is 2. The molecule has 0 bridgehead atoms. The minimum absolute atomic E-state index is 0.0430. The van der Waals surface area contributed by atoms with Gasteiger partial charge < -0.3 is 19.5 Å². The molecule has 0 saturated carbocycles. The van der Waals surface area contributed by atoms with Gasteiger partial charge in [-0.1, -0.05) is 31.2 Å². The first-order chi connectivity index (χ1) is 15.2. The molecule has 1 aliphatic rings. The Morgan fingerprint density at radius 1 is 1.10 bits per heavy atom. The van der Waals surface area contributed by atoms with E-state index in [2.05, 4.69) is 47.1 Å². The zero-order chi connectivity index (χ0) is 21.9. The summed E-state index contributed by atoms with van der Waals surface area (Å²) in [5.41, 5.74) is 2.61. The predicted octanol–water partition coefficient (Wildman–Crippen LogP) is 3.84. The summed E-state index contributed by atoms with van der Waals surface area (Å²) in [5, 5.41) is 8.97. The van der Waals surface area contributed by atoms with Crippen LogP contribution in [0.25, 0.3) is 0 Å². The molecule has 5 nitrogen and oxygen atoms in total. The van der Waals surface area contributed by atoms with Gasteiger partial charge in [0.15, 0.2) is 0 Å². The van der Waals surface area contributed by atoms with E-state index < -0.39 is 0 Å². The largest absolute Gasteiger partial charge is 0.497 e. The zero-order valence-corrected chi connectivity index (χ0v) is 19.1. The van der Waals surface area contributed by atoms with Crippen LogP contribution in [0.2, 0.25) is 0 Å². The molecule has 0 radical (unpaired) electrons. The maximum absolute atomic E-state index is 8.97. The molecule has 0 spiro atoms. The van der Waals surface area contributed by atoms with Crippen LogP contribution < -0.4 is 9.47 Å². The summed E-state index contributed by atoms with van der Waals surface area (Å²) in [6.45, 7) is 9.24. The van der Waals surface area contributed by atoms with Gasteiger partial charge in [-0.3, -0.25) is 4.90 Å². The normalized spacial score (nSPS) is 17.1. The van der Waals surface area contributed by atoms with Crippen molar-refractivity contribution in [1.82, 2.24) is 9.80 Å². The molecule has 1 atom stereocenters. The van der Waals surface area contributed by atoms with Crippen LogP contribution in [0.1, 0.15) is 30.9 Å². The number of hydrogen-bond donors (Lipinski definition) is 1. The highest BCUT2D eigenvalue weighted by Crippen LogP contribution is 2.21. The molecule has 0 aromatic heterocycles. The second-order valence-electron chi connectivity index (χ2n) is 8.46. The molecular weight excluding hydrogens is 388 g/mol. The predicted molar refractivity (Wildman–Crippen MR) is 126 cm³/mol. The molecule has 5 heteroatoms. The zero-order valence-electron chi connectivity index (χ0n) is 19.1. The fourth-order valence-corrected chi connectivity index (χ4v) is 4.44. The van der Waals surface area contributed by atoms with Crippen molar-refractivity contribution in [3.8, 4) is 11.5 Å². The van der Waals surface area contributed by atoms with Gasteiger partial charge in [0, 0.05) is 26.2 Å². The lowest BCUT2D eigenvalue weighted by Gasteiger charge is -2.35. The third-order valence-corrected chi connectivity index (χ3v) is 6.08. The summed E-state index contributed by atoms with van der Waals surface area (Å²) in [4.78, 5) is 5.17. The number of methoxy groups -OCH3 is 1. The van der Waals surface area contributed by atoms with E-state index in [1.165, 1.54) is 37.1 Å². The van der Waals surface area contributed by atoms with Gasteiger partial charge in [-0.25, -0.2) is 0 Å². The maximum atomic E-state index is 8.97. The first kappa shape index (κ1) is 23.6. The standard InChI is InChI=1S/C26H38N2O3/c1-3-27(19-23-8-5-11-26(18-23)31-16-15-29)20-24-9-6-13-28(21-24)14-12-22-7-4-10-25(17-22)30-2/h4-5,7-8,10-11,17-18,24,29H,3,6,9,12-16,19-21H2,1-2H3/t24-/m0/s1. The first-order valence-electron chi connectivity index (χ1n) is 11.6. The molecule has 3 rings (SSSR count). The van der Waals surface area contributed by atoms with Crippen LogP contribution >= 0.6 is 0 Å². The Morgan fingerprint density at radius 2 is 1.87 bits per heavy atom. The molecule has 0 amide bonds. The average molecular weight is 427 g/mol. The third kappa shape index (κ3) is 7.84. The Labute approximate surface area is 187 Å². The van der Waals surface area contributed by atoms with Gasteiger partial charge in [0.05, 0.1) is 13.7 Å². The van der Waals surface area contributed by atoms with Crippen LogP contribution in [0.4, 0.5) is 0 Å². The number of rotatable bonds is 12. The molecular formula is C26H38N2O3. The van der Waals surface area contributed by atoms with Crippen molar-refractivity contribution >= 4 is 0 Å². The highest BCUT2D eigenvalue weighted by Gasteiger charge is 2.21. The van der Waals surface area contributed by atoms with Gasteiger partial charge in [-0.15, -0.1) is 0 Å². The average Bonchev–Trinajstić information content (AvgIpc) is 2.81. The Balaban J connectivity index is 1.48. The van der Waals surface area contributed by atoms with E-state index >= 15 is 0 Å². The van der Waals surface area contributed by atoms with E-state index in [1.807, 2.05) is 18.2 Å². The first-order valence-corrected chi connectivity index (χ1v) is 11.6. The van der Waals surface area contributed by atoms with Crippen LogP contribution in [-0.2, 0) is 13.0 Å². The summed E-state index contributed by atoms with van der Waals surface area (Å²) in [6, 6.07) is 16.7. The number of hydrogen-bond acceptors (Lipinski definition) is 5. The van der Waals surface area contributed by atoms with E-state index in [0.717, 1.165) is 44.1 Å². The van der Waals surface area contributed by atoms with E-state index in [1.54, 1.807) is 7.11 Å². The van der Waals surface area contributed by atoms with E-state index in [-0.39, 0.29) is 6.61 Å². The summed E-state index contributed by atoms with van der Waals surface area (Å²) in [7, 11) is 1.73. The minimum atomic E-state index is 0.0430. The molecule has 0 aliphatic carbocycles. The second kappa shape index (κ2) is 12.7. The molecule has 1 aliphatic heterocycles. The van der Waals surface area contributed by atoms with Gasteiger partial charge in [0.1, 0.15) is 18.1 Å². The van der Waals surface area contributed by atoms with Crippen LogP contribution in [0.3, 0.4) is 0 Å². The minimum Gasteiger partial charge on any atom is -0.497 e. The maximum Gasteiger partial charge on any atom is 0.119 e. The molecule has 1 heterocycles. The van der Waals surface area contributed by atoms with Crippen LogP contribution in [0.15, 0.2) is 48.5 Å². The molecule has 31 heavy (non-hydrogen) atoms. The van der Waals surface area contributed by atoms with Crippen LogP contribution in [0.5, 0.6) is 11.5 Å². The number of benzene rings is 2. The lowest BCUT2D eigenvalue weighted by molar-refractivity contribution is 0.133. The third-order valence-electron chi connectivity index (χ3n) is 6.08. The van der Waals surface area contributed by atoms with E-state index in [0.29, 0.717) is 12.5 Å². The SMILES string of the molecule is CCN(Cc1cccc(OCCO)c1)C[C@@H]1CCCN(CCc2cccc(OC)c2)C1. The number of likely N-dealkylation sites (tertiary alicyclic amines) is 1. The van der Waals surface area contributed by atoms with Crippen molar-refractivity contribution in [2.45, 2.75) is 32.7 Å². The topological polar surface area (TPSA) is 45.2 Å². The number of piperidine rings is 1. The lowest BCUT2D eigenvalue weighted by Crippen LogP contribution is -2.41. The van der Waals surface area contributed by atoms with Crippen molar-refractivity contribution in [3.63, 3.8) is 0 Å². The molecule has 1 fully saturated rings. The second-order valence-corrected chi connectivity index (χ2v) is 8.46. The lowest BCUT2D eigenvalue weighted by atomic mass is 9.96. The Morgan fingerprint density at radius 3 is 2.65 bits per heavy atom. The monoisotopic (exact) mass is 426 g/mol. The van der Waals surface area contributed by atoms with E-state index in [9.17, 15) is 0 Å². The van der Waals surface area contributed by atoms with Crippen molar-refractivity contribution in [3.05, 3.63) is 59.7 Å². The number of nitrogens with zero attached hydrogens (tertiary/aromatic N) is 2. The van der Waals surface area contributed by atoms with Gasteiger partial charge in [0.25, 0.3) is 0 Å². The highest BCUT2D eigenvalue weighted by atomic mass is 16.5. The van der Waals surface area contributed by atoms with Crippen LogP contribution in [-0.4, -0.2) is 68.0 Å². The molecule has 0 unspecified atom stereocenters. The number of aliphatic hydroxyl groups is 1. The van der Waals surface area contributed by atoms with Gasteiger partial charge in [-0.2, -0.15) is 0 Å². The smallest absolute Gasteiger partial charge is 0.119 e. The quantitative estimate of drug-likeness (QED) is 0.559. The van der Waals surface area contributed by atoms with Crippen LogP contribution in [0, 0.1) is 5.92 Å². The molecule has 1 N–H and O–H groups in total. The van der Waals surface area contributed by atoms with Gasteiger partial charge >= 0.3 is 0 Å². The van der Waals surface area contributed by atoms with Crippen molar-refractivity contribution in [2.75, 3.05) is 53.0 Å². The van der Waals surface area contributed by atoms with Crippen molar-refractivity contribution < 1.29 is 14.6 Å². The number of aliphatic hydroxyl groups excluding tert-OH is 1. The molecule has 2 aromatic carbocycles. The van der Waals surface area contributed by atoms with E-state index in [4.69, 9.17) is 14.6 Å². The summed E-state index contributed by atoms with van der Waals surface area (Å²) in [6.07, 6.45) is 3.67. The van der Waals surface area contributed by atoms with Gasteiger partial charge in [0.2, 0.25) is 0 Å².